The van der Waals surface area contributed by atoms with Gasteiger partial charge < -0.3 is 9.84 Å². The Bertz CT molecular complexity index is 297. The van der Waals surface area contributed by atoms with Crippen molar-refractivity contribution in [2.45, 2.75) is 83.1 Å². The van der Waals surface area contributed by atoms with Crippen LogP contribution in [0.15, 0.2) is 0 Å². The van der Waals surface area contributed by atoms with Gasteiger partial charge in [-0.15, -0.1) is 0 Å². The molecule has 0 aromatic rings. The Labute approximate surface area is 128 Å². The van der Waals surface area contributed by atoms with E-state index in [0.29, 0.717) is 13.0 Å². The molecule has 5 heteroatoms. The molecule has 0 saturated heterocycles. The Kier molecular flexibility index (Phi) is 8.79. The van der Waals surface area contributed by atoms with E-state index in [0.717, 1.165) is 0 Å². The van der Waals surface area contributed by atoms with Gasteiger partial charge >= 0.3 is 5.97 Å². The third-order valence-corrected chi connectivity index (χ3v) is 4.61. The van der Waals surface area contributed by atoms with Crippen molar-refractivity contribution in [3.63, 3.8) is 0 Å². The van der Waals surface area contributed by atoms with E-state index >= 15 is 0 Å². The summed E-state index contributed by atoms with van der Waals surface area (Å²) in [6.07, 6.45) is 0.320. The molecule has 0 aliphatic carbocycles. The Morgan fingerprint density at radius 2 is 1.85 bits per heavy atom. The molecule has 4 atom stereocenters. The van der Waals surface area contributed by atoms with E-state index in [1.807, 2.05) is 34.6 Å². The average Bonchev–Trinajstić information content (AvgIpc) is 2.27. The monoisotopic (exact) mass is 305 g/mol. The number of carbonyl (C=O) groups is 1. The second kappa shape index (κ2) is 8.90. The lowest BCUT2D eigenvalue weighted by molar-refractivity contribution is -0.151. The smallest absolute Gasteiger partial charge is 0.326 e. The van der Waals surface area contributed by atoms with Crippen LogP contribution in [0.5, 0.6) is 0 Å². The van der Waals surface area contributed by atoms with Crippen LogP contribution in [-0.2, 0) is 9.53 Å². The fraction of sp³-hybridized carbons (Fsp3) is 0.933. The van der Waals surface area contributed by atoms with Gasteiger partial charge in [-0.25, -0.2) is 0 Å². The zero-order chi connectivity index (χ0) is 15.9. The molecule has 0 aliphatic rings. The number of hydrogen-bond donors (Lipinski definition) is 2. The van der Waals surface area contributed by atoms with E-state index in [4.69, 9.17) is 4.74 Å². The van der Waals surface area contributed by atoms with Crippen LogP contribution in [0.3, 0.4) is 0 Å². The van der Waals surface area contributed by atoms with Gasteiger partial charge in [0.15, 0.2) is 0 Å². The topological polar surface area (TPSA) is 58.6 Å². The number of aliphatic hydroxyl groups excluding tert-OH is 1. The zero-order valence-electron chi connectivity index (χ0n) is 13.9. The summed E-state index contributed by atoms with van der Waals surface area (Å²) in [5, 5.41) is 13.3. The van der Waals surface area contributed by atoms with Gasteiger partial charge in [0.2, 0.25) is 0 Å². The summed E-state index contributed by atoms with van der Waals surface area (Å²) in [5.41, 5.74) is -0.686. The third kappa shape index (κ3) is 6.95. The fourth-order valence-electron chi connectivity index (χ4n) is 2.23. The van der Waals surface area contributed by atoms with E-state index < -0.39 is 5.54 Å². The molecular weight excluding hydrogens is 274 g/mol. The first-order valence-electron chi connectivity index (χ1n) is 7.40. The summed E-state index contributed by atoms with van der Waals surface area (Å²) in [6, 6.07) is 0.204. The van der Waals surface area contributed by atoms with Crippen LogP contribution in [0.2, 0.25) is 0 Å². The Morgan fingerprint density at radius 3 is 2.25 bits per heavy atom. The largest absolute Gasteiger partial charge is 0.465 e. The predicted octanol–water partition coefficient (Wildman–Crippen LogP) is 2.59. The molecule has 0 aromatic carbocycles. The number of thioether (sulfide) groups is 1. The van der Waals surface area contributed by atoms with Crippen molar-refractivity contribution in [1.29, 1.82) is 0 Å². The number of carbonyl (C=O) groups excluding carboxylic acids is 1. The molecule has 0 rings (SSSR count). The fourth-order valence-corrected chi connectivity index (χ4v) is 3.62. The van der Waals surface area contributed by atoms with Crippen LogP contribution in [0.25, 0.3) is 0 Å². The second-order valence-electron chi connectivity index (χ2n) is 5.95. The molecule has 120 valence electrons. The van der Waals surface area contributed by atoms with Gasteiger partial charge in [0.25, 0.3) is 0 Å². The minimum Gasteiger partial charge on any atom is -0.465 e. The van der Waals surface area contributed by atoms with Crippen molar-refractivity contribution < 1.29 is 14.6 Å². The standard InChI is InChI=1S/C15H31NO3S/c1-8-19-14(18)15(7,16-10(2)3)9-11(4)20-13(6)12(5)17/h10-13,16-17H,8-9H2,1-7H3. The summed E-state index contributed by atoms with van der Waals surface area (Å²) >= 11 is 1.70. The molecule has 0 saturated carbocycles. The van der Waals surface area contributed by atoms with E-state index in [1.165, 1.54) is 0 Å². The van der Waals surface area contributed by atoms with Crippen molar-refractivity contribution in [2.24, 2.45) is 0 Å². The van der Waals surface area contributed by atoms with Crippen LogP contribution < -0.4 is 5.32 Å². The van der Waals surface area contributed by atoms with Crippen LogP contribution in [0.1, 0.15) is 54.9 Å². The molecule has 0 aliphatic heterocycles. The summed E-state index contributed by atoms with van der Waals surface area (Å²) in [7, 11) is 0. The molecule has 0 heterocycles. The summed E-state index contributed by atoms with van der Waals surface area (Å²) in [4.78, 5) is 12.2. The quantitative estimate of drug-likeness (QED) is 0.641. The van der Waals surface area contributed by atoms with Gasteiger partial charge in [-0.3, -0.25) is 10.1 Å². The Hall–Kier alpha value is -0.260. The number of hydrogen-bond acceptors (Lipinski definition) is 5. The highest BCUT2D eigenvalue weighted by Crippen LogP contribution is 2.28. The van der Waals surface area contributed by atoms with Crippen molar-refractivity contribution in [3.05, 3.63) is 0 Å². The lowest BCUT2D eigenvalue weighted by Crippen LogP contribution is -2.54. The van der Waals surface area contributed by atoms with E-state index in [9.17, 15) is 9.90 Å². The minimum atomic E-state index is -0.686. The van der Waals surface area contributed by atoms with Gasteiger partial charge in [0, 0.05) is 16.5 Å². The van der Waals surface area contributed by atoms with Gasteiger partial charge in [-0.2, -0.15) is 11.8 Å². The third-order valence-electron chi connectivity index (χ3n) is 3.16. The van der Waals surface area contributed by atoms with Gasteiger partial charge in [0.1, 0.15) is 5.54 Å². The first-order valence-corrected chi connectivity index (χ1v) is 8.35. The van der Waals surface area contributed by atoms with Gasteiger partial charge in [-0.1, -0.05) is 13.8 Å². The zero-order valence-corrected chi connectivity index (χ0v) is 14.7. The number of aliphatic hydroxyl groups is 1. The highest BCUT2D eigenvalue weighted by atomic mass is 32.2. The van der Waals surface area contributed by atoms with Crippen molar-refractivity contribution in [2.75, 3.05) is 6.61 Å². The predicted molar refractivity (Wildman–Crippen MR) is 86.1 cm³/mol. The lowest BCUT2D eigenvalue weighted by Gasteiger charge is -2.33. The van der Waals surface area contributed by atoms with Crippen LogP contribution in [0.4, 0.5) is 0 Å². The molecule has 4 unspecified atom stereocenters. The lowest BCUT2D eigenvalue weighted by atomic mass is 9.95. The molecule has 0 amide bonds. The summed E-state index contributed by atoms with van der Waals surface area (Å²) in [5.74, 6) is -0.203. The molecular formula is C15H31NO3S. The van der Waals surface area contributed by atoms with Crippen molar-refractivity contribution in [1.82, 2.24) is 5.32 Å². The maximum Gasteiger partial charge on any atom is 0.326 e. The molecule has 0 spiro atoms. The van der Waals surface area contributed by atoms with Crippen molar-refractivity contribution >= 4 is 17.7 Å². The Balaban J connectivity index is 4.75. The minimum absolute atomic E-state index is 0.149. The van der Waals surface area contributed by atoms with Gasteiger partial charge in [0.05, 0.1) is 12.7 Å². The van der Waals surface area contributed by atoms with Crippen LogP contribution in [-0.4, -0.2) is 45.9 Å². The summed E-state index contributed by atoms with van der Waals surface area (Å²) < 4.78 is 5.20. The molecule has 0 aromatic heterocycles. The molecule has 4 nitrogen and oxygen atoms in total. The molecule has 2 N–H and O–H groups in total. The first-order chi connectivity index (χ1) is 9.12. The number of esters is 1. The normalized spacial score (nSPS) is 19.2. The molecule has 0 fully saturated rings. The maximum atomic E-state index is 12.2. The number of nitrogens with one attached hydrogen (secondary N) is 1. The summed E-state index contributed by atoms with van der Waals surface area (Å²) in [6.45, 7) is 14.0. The average molecular weight is 305 g/mol. The van der Waals surface area contributed by atoms with E-state index in [2.05, 4.69) is 12.2 Å². The van der Waals surface area contributed by atoms with Gasteiger partial charge in [-0.05, 0) is 41.0 Å². The first kappa shape index (κ1) is 19.7. The molecule has 20 heavy (non-hydrogen) atoms. The second-order valence-corrected chi connectivity index (χ2v) is 7.77. The van der Waals surface area contributed by atoms with E-state index in [-0.39, 0.29) is 28.6 Å². The van der Waals surface area contributed by atoms with Crippen LogP contribution >= 0.6 is 11.8 Å². The molecule has 0 bridgehead atoms. The highest BCUT2D eigenvalue weighted by Gasteiger charge is 2.37. The van der Waals surface area contributed by atoms with Crippen LogP contribution in [0, 0.1) is 0 Å². The Morgan fingerprint density at radius 1 is 1.30 bits per heavy atom. The van der Waals surface area contributed by atoms with E-state index in [1.54, 1.807) is 18.7 Å². The molecule has 0 radical (unpaired) electrons. The maximum absolute atomic E-state index is 12.2. The van der Waals surface area contributed by atoms with Crippen molar-refractivity contribution in [3.8, 4) is 0 Å². The highest BCUT2D eigenvalue weighted by molar-refractivity contribution is 8.00. The number of rotatable bonds is 9. The SMILES string of the molecule is CCOC(=O)C(C)(CC(C)SC(C)C(C)O)NC(C)C. The number of ether oxygens (including phenoxy) is 1.